The molecule has 0 aromatic carbocycles. The molecule has 2 rings (SSSR count). The summed E-state index contributed by atoms with van der Waals surface area (Å²) in [6, 6.07) is 3.67. The van der Waals surface area contributed by atoms with E-state index in [0.29, 0.717) is 18.5 Å². The Balaban J connectivity index is 2.45. The number of aliphatic hydroxyl groups is 1. The van der Waals surface area contributed by atoms with Crippen LogP contribution in [0.15, 0.2) is 18.3 Å². The van der Waals surface area contributed by atoms with Gasteiger partial charge < -0.3 is 10.4 Å². The molecule has 1 unspecified atom stereocenters. The standard InChI is InChI=1S/C15H21N3O2/c1-4-11(9-19)16-15(20)14-12(5-2)17-13-7-6-10(3)8-18(13)14/h6-8,11,19H,4-5,9H2,1-3H3,(H,16,20). The molecule has 0 saturated carbocycles. The second-order valence-electron chi connectivity index (χ2n) is 4.96. The van der Waals surface area contributed by atoms with Crippen molar-refractivity contribution in [2.45, 2.75) is 39.7 Å². The molecule has 2 aromatic heterocycles. The van der Waals surface area contributed by atoms with Gasteiger partial charge >= 0.3 is 0 Å². The molecule has 0 aliphatic rings. The summed E-state index contributed by atoms with van der Waals surface area (Å²) in [6.45, 7) is 5.84. The summed E-state index contributed by atoms with van der Waals surface area (Å²) in [6.07, 6.45) is 3.30. The minimum absolute atomic E-state index is 0.0561. The van der Waals surface area contributed by atoms with E-state index in [2.05, 4.69) is 10.3 Å². The molecule has 2 heterocycles. The third-order valence-corrected chi connectivity index (χ3v) is 3.44. The van der Waals surface area contributed by atoms with Gasteiger partial charge in [0, 0.05) is 6.20 Å². The normalized spacial score (nSPS) is 12.6. The van der Waals surface area contributed by atoms with E-state index in [1.54, 1.807) is 0 Å². The van der Waals surface area contributed by atoms with Gasteiger partial charge in [-0.2, -0.15) is 0 Å². The Kier molecular flexibility index (Phi) is 4.39. The highest BCUT2D eigenvalue weighted by atomic mass is 16.3. The first-order chi connectivity index (χ1) is 9.60. The van der Waals surface area contributed by atoms with Crippen molar-refractivity contribution < 1.29 is 9.90 Å². The van der Waals surface area contributed by atoms with Crippen LogP contribution in [0.4, 0.5) is 0 Å². The van der Waals surface area contributed by atoms with E-state index in [0.717, 1.165) is 16.9 Å². The van der Waals surface area contributed by atoms with Crippen LogP contribution in [0.2, 0.25) is 0 Å². The van der Waals surface area contributed by atoms with Crippen LogP contribution in [0, 0.1) is 6.92 Å². The third kappa shape index (κ3) is 2.67. The lowest BCUT2D eigenvalue weighted by atomic mass is 10.2. The number of hydrogen-bond acceptors (Lipinski definition) is 3. The van der Waals surface area contributed by atoms with E-state index in [1.165, 1.54) is 0 Å². The van der Waals surface area contributed by atoms with Gasteiger partial charge in [-0.3, -0.25) is 9.20 Å². The fourth-order valence-corrected chi connectivity index (χ4v) is 2.22. The van der Waals surface area contributed by atoms with Crippen LogP contribution in [0.5, 0.6) is 0 Å². The molecular formula is C15H21N3O2. The first-order valence-electron chi connectivity index (χ1n) is 7.00. The van der Waals surface area contributed by atoms with E-state index in [-0.39, 0.29) is 18.6 Å². The molecule has 0 spiro atoms. The van der Waals surface area contributed by atoms with Crippen molar-refractivity contribution in [2.24, 2.45) is 0 Å². The molecule has 1 atom stereocenters. The Hall–Kier alpha value is -1.88. The van der Waals surface area contributed by atoms with Gasteiger partial charge in [-0.1, -0.05) is 19.9 Å². The number of carbonyl (C=O) groups is 1. The number of hydrogen-bond donors (Lipinski definition) is 2. The van der Waals surface area contributed by atoms with Gasteiger partial charge in [-0.15, -0.1) is 0 Å². The average Bonchev–Trinajstić information content (AvgIpc) is 2.82. The van der Waals surface area contributed by atoms with Crippen LogP contribution in [0.1, 0.15) is 42.0 Å². The number of pyridine rings is 1. The first kappa shape index (κ1) is 14.5. The summed E-state index contributed by atoms with van der Waals surface area (Å²) in [4.78, 5) is 16.9. The molecule has 5 heteroatoms. The molecule has 108 valence electrons. The van der Waals surface area contributed by atoms with E-state index in [9.17, 15) is 9.90 Å². The molecule has 2 N–H and O–H groups in total. The minimum Gasteiger partial charge on any atom is -0.394 e. The Morgan fingerprint density at radius 3 is 2.80 bits per heavy atom. The van der Waals surface area contributed by atoms with Crippen LogP contribution in [0.25, 0.3) is 5.65 Å². The maximum atomic E-state index is 12.5. The molecule has 1 amide bonds. The Morgan fingerprint density at radius 1 is 1.45 bits per heavy atom. The van der Waals surface area contributed by atoms with Crippen LogP contribution >= 0.6 is 0 Å². The number of nitrogens with zero attached hydrogens (tertiary/aromatic N) is 2. The molecule has 0 bridgehead atoms. The molecule has 5 nitrogen and oxygen atoms in total. The number of aryl methyl sites for hydroxylation is 2. The molecule has 0 saturated heterocycles. The smallest absolute Gasteiger partial charge is 0.270 e. The minimum atomic E-state index is -0.220. The summed E-state index contributed by atoms with van der Waals surface area (Å²) < 4.78 is 1.83. The predicted octanol–water partition coefficient (Wildman–Crippen LogP) is 1.71. The van der Waals surface area contributed by atoms with Crippen molar-refractivity contribution in [3.63, 3.8) is 0 Å². The van der Waals surface area contributed by atoms with E-state index in [1.807, 2.05) is 43.5 Å². The summed E-state index contributed by atoms with van der Waals surface area (Å²) >= 11 is 0. The van der Waals surface area contributed by atoms with Gasteiger partial charge in [-0.05, 0) is 31.4 Å². The topological polar surface area (TPSA) is 66.6 Å². The summed E-state index contributed by atoms with van der Waals surface area (Å²) in [5.41, 5.74) is 3.19. The fraction of sp³-hybridized carbons (Fsp3) is 0.467. The largest absolute Gasteiger partial charge is 0.394 e. The van der Waals surface area contributed by atoms with Crippen molar-refractivity contribution >= 4 is 11.6 Å². The number of rotatable bonds is 5. The quantitative estimate of drug-likeness (QED) is 0.873. The highest BCUT2D eigenvalue weighted by Gasteiger charge is 2.20. The maximum absolute atomic E-state index is 12.5. The number of nitrogens with one attached hydrogen (secondary N) is 1. The third-order valence-electron chi connectivity index (χ3n) is 3.44. The Bertz CT molecular complexity index is 615. The average molecular weight is 275 g/mol. The zero-order valence-electron chi connectivity index (χ0n) is 12.2. The van der Waals surface area contributed by atoms with Gasteiger partial charge in [0.1, 0.15) is 11.3 Å². The summed E-state index contributed by atoms with van der Waals surface area (Å²) in [7, 11) is 0. The first-order valence-corrected chi connectivity index (χ1v) is 7.00. The van der Waals surface area contributed by atoms with Gasteiger partial charge in [-0.25, -0.2) is 4.98 Å². The second kappa shape index (κ2) is 6.05. The van der Waals surface area contributed by atoms with Crippen LogP contribution in [-0.2, 0) is 6.42 Å². The van der Waals surface area contributed by atoms with Crippen molar-refractivity contribution in [1.29, 1.82) is 0 Å². The Morgan fingerprint density at radius 2 is 2.20 bits per heavy atom. The molecular weight excluding hydrogens is 254 g/mol. The molecule has 0 aliphatic carbocycles. The van der Waals surface area contributed by atoms with Gasteiger partial charge in [0.25, 0.3) is 5.91 Å². The second-order valence-corrected chi connectivity index (χ2v) is 4.96. The highest BCUT2D eigenvalue weighted by Crippen LogP contribution is 2.15. The van der Waals surface area contributed by atoms with Crippen molar-refractivity contribution in [3.8, 4) is 0 Å². The lowest BCUT2D eigenvalue weighted by Crippen LogP contribution is -2.37. The van der Waals surface area contributed by atoms with Crippen molar-refractivity contribution in [1.82, 2.24) is 14.7 Å². The fourth-order valence-electron chi connectivity index (χ4n) is 2.22. The van der Waals surface area contributed by atoms with Crippen LogP contribution < -0.4 is 5.32 Å². The molecule has 0 fully saturated rings. The highest BCUT2D eigenvalue weighted by molar-refractivity contribution is 5.95. The maximum Gasteiger partial charge on any atom is 0.270 e. The molecule has 0 radical (unpaired) electrons. The zero-order chi connectivity index (χ0) is 14.7. The van der Waals surface area contributed by atoms with E-state index < -0.39 is 0 Å². The zero-order valence-corrected chi connectivity index (χ0v) is 12.2. The number of imidazole rings is 1. The molecule has 2 aromatic rings. The summed E-state index contributed by atoms with van der Waals surface area (Å²) in [5, 5.41) is 12.1. The number of amides is 1. The van der Waals surface area contributed by atoms with Crippen molar-refractivity contribution in [3.05, 3.63) is 35.3 Å². The van der Waals surface area contributed by atoms with Gasteiger partial charge in [0.2, 0.25) is 0 Å². The van der Waals surface area contributed by atoms with Crippen molar-refractivity contribution in [2.75, 3.05) is 6.61 Å². The number of aliphatic hydroxyl groups excluding tert-OH is 1. The lowest BCUT2D eigenvalue weighted by Gasteiger charge is -2.14. The van der Waals surface area contributed by atoms with E-state index in [4.69, 9.17) is 0 Å². The van der Waals surface area contributed by atoms with Gasteiger partial charge in [0.15, 0.2) is 0 Å². The molecule has 20 heavy (non-hydrogen) atoms. The van der Waals surface area contributed by atoms with Gasteiger partial charge in [0.05, 0.1) is 18.3 Å². The number of carbonyl (C=O) groups excluding carboxylic acids is 1. The van der Waals surface area contributed by atoms with Crippen LogP contribution in [0.3, 0.4) is 0 Å². The lowest BCUT2D eigenvalue weighted by molar-refractivity contribution is 0.0908. The monoisotopic (exact) mass is 275 g/mol. The molecule has 0 aliphatic heterocycles. The van der Waals surface area contributed by atoms with E-state index >= 15 is 0 Å². The number of aromatic nitrogens is 2. The van der Waals surface area contributed by atoms with Crippen LogP contribution in [-0.4, -0.2) is 33.0 Å². The Labute approximate surface area is 118 Å². The summed E-state index contributed by atoms with van der Waals surface area (Å²) in [5.74, 6) is -0.180. The SMILES string of the molecule is CCc1nc2ccc(C)cn2c1C(=O)NC(CC)CO. The number of fused-ring (bicyclic) bond motifs is 1. The predicted molar refractivity (Wildman–Crippen MR) is 77.9 cm³/mol.